The van der Waals surface area contributed by atoms with Crippen molar-refractivity contribution in [2.24, 2.45) is 5.73 Å². The first kappa shape index (κ1) is 15.5. The van der Waals surface area contributed by atoms with Crippen LogP contribution in [-0.2, 0) is 11.3 Å². The molecule has 1 amide bonds. The minimum absolute atomic E-state index is 0.210. The van der Waals surface area contributed by atoms with Gasteiger partial charge in [0.2, 0.25) is 5.91 Å². The number of carbonyl (C=O) groups is 1. The third kappa shape index (κ3) is 3.50. The Morgan fingerprint density at radius 1 is 1.27 bits per heavy atom. The molecule has 1 aromatic rings. The van der Waals surface area contributed by atoms with Crippen molar-refractivity contribution in [3.8, 4) is 0 Å². The number of piperazine rings is 1. The Morgan fingerprint density at radius 2 is 2.00 bits per heavy atom. The van der Waals surface area contributed by atoms with E-state index in [1.807, 2.05) is 11.0 Å². The Kier molecular flexibility index (Phi) is 4.50. The van der Waals surface area contributed by atoms with Gasteiger partial charge < -0.3 is 10.6 Å². The number of rotatable bonds is 4. The SMILES string of the molecule is C[C@@H]1CN(Cc2ccccc2)CCN1C(=O)CC1(N)CCC1. The van der Waals surface area contributed by atoms with Crippen LogP contribution in [0.4, 0.5) is 0 Å². The molecule has 1 aliphatic carbocycles. The minimum Gasteiger partial charge on any atom is -0.337 e. The van der Waals surface area contributed by atoms with E-state index in [0.29, 0.717) is 6.42 Å². The summed E-state index contributed by atoms with van der Waals surface area (Å²) in [6, 6.07) is 10.8. The number of nitrogens with zero attached hydrogens (tertiary/aromatic N) is 2. The van der Waals surface area contributed by atoms with E-state index in [1.165, 1.54) is 12.0 Å². The highest BCUT2D eigenvalue weighted by Crippen LogP contribution is 2.33. The van der Waals surface area contributed by atoms with Crippen LogP contribution in [0, 0.1) is 0 Å². The van der Waals surface area contributed by atoms with Gasteiger partial charge in [-0.25, -0.2) is 0 Å². The maximum atomic E-state index is 12.5. The lowest BCUT2D eigenvalue weighted by Crippen LogP contribution is -2.57. The summed E-state index contributed by atoms with van der Waals surface area (Å²) >= 11 is 0. The molecular formula is C18H27N3O. The lowest BCUT2D eigenvalue weighted by atomic mass is 9.75. The third-order valence-corrected chi connectivity index (χ3v) is 5.13. The van der Waals surface area contributed by atoms with Gasteiger partial charge in [0.1, 0.15) is 0 Å². The van der Waals surface area contributed by atoms with E-state index in [0.717, 1.165) is 39.0 Å². The van der Waals surface area contributed by atoms with Gasteiger partial charge in [0.25, 0.3) is 0 Å². The smallest absolute Gasteiger partial charge is 0.224 e. The molecule has 1 saturated heterocycles. The van der Waals surface area contributed by atoms with Crippen LogP contribution >= 0.6 is 0 Å². The molecule has 3 rings (SSSR count). The molecule has 120 valence electrons. The van der Waals surface area contributed by atoms with Crippen LogP contribution in [0.2, 0.25) is 0 Å². The molecule has 4 nitrogen and oxygen atoms in total. The van der Waals surface area contributed by atoms with Crippen molar-refractivity contribution in [3.63, 3.8) is 0 Å². The highest BCUT2D eigenvalue weighted by Gasteiger charge is 2.37. The fourth-order valence-corrected chi connectivity index (χ4v) is 3.60. The van der Waals surface area contributed by atoms with Gasteiger partial charge in [0.15, 0.2) is 0 Å². The fraction of sp³-hybridized carbons (Fsp3) is 0.611. The molecule has 0 spiro atoms. The van der Waals surface area contributed by atoms with E-state index in [-0.39, 0.29) is 17.5 Å². The second kappa shape index (κ2) is 6.39. The van der Waals surface area contributed by atoms with Gasteiger partial charge >= 0.3 is 0 Å². The van der Waals surface area contributed by atoms with Crippen molar-refractivity contribution in [3.05, 3.63) is 35.9 Å². The van der Waals surface area contributed by atoms with E-state index in [9.17, 15) is 4.79 Å². The summed E-state index contributed by atoms with van der Waals surface area (Å²) in [6.07, 6.45) is 3.70. The predicted molar refractivity (Wildman–Crippen MR) is 88.3 cm³/mol. The fourth-order valence-electron chi connectivity index (χ4n) is 3.60. The maximum absolute atomic E-state index is 12.5. The number of hydrogen-bond donors (Lipinski definition) is 1. The zero-order chi connectivity index (χ0) is 15.6. The topological polar surface area (TPSA) is 49.6 Å². The Bertz CT molecular complexity index is 512. The molecule has 1 aliphatic heterocycles. The van der Waals surface area contributed by atoms with Crippen LogP contribution < -0.4 is 5.73 Å². The summed E-state index contributed by atoms with van der Waals surface area (Å²) in [4.78, 5) is 17.0. The van der Waals surface area contributed by atoms with Gasteiger partial charge in [-0.3, -0.25) is 9.69 Å². The largest absolute Gasteiger partial charge is 0.337 e. The Balaban J connectivity index is 1.52. The quantitative estimate of drug-likeness (QED) is 0.925. The third-order valence-electron chi connectivity index (χ3n) is 5.13. The van der Waals surface area contributed by atoms with Crippen LogP contribution in [-0.4, -0.2) is 46.9 Å². The van der Waals surface area contributed by atoms with Gasteiger partial charge in [-0.1, -0.05) is 30.3 Å². The van der Waals surface area contributed by atoms with Crippen LogP contribution in [0.25, 0.3) is 0 Å². The molecular weight excluding hydrogens is 274 g/mol. The zero-order valence-corrected chi connectivity index (χ0v) is 13.5. The summed E-state index contributed by atoms with van der Waals surface area (Å²) in [5.41, 5.74) is 7.35. The average Bonchev–Trinajstić information content (AvgIpc) is 2.46. The molecule has 1 aromatic carbocycles. The summed E-state index contributed by atoms with van der Waals surface area (Å²) < 4.78 is 0. The first-order valence-electron chi connectivity index (χ1n) is 8.40. The predicted octanol–water partition coefficient (Wildman–Crippen LogP) is 1.99. The molecule has 2 fully saturated rings. The molecule has 0 aromatic heterocycles. The Morgan fingerprint density at radius 3 is 2.59 bits per heavy atom. The number of hydrogen-bond acceptors (Lipinski definition) is 3. The molecule has 0 unspecified atom stereocenters. The van der Waals surface area contributed by atoms with Gasteiger partial charge in [0.05, 0.1) is 0 Å². The highest BCUT2D eigenvalue weighted by atomic mass is 16.2. The molecule has 1 heterocycles. The van der Waals surface area contributed by atoms with Gasteiger partial charge in [0, 0.05) is 44.2 Å². The van der Waals surface area contributed by atoms with Crippen molar-refractivity contribution < 1.29 is 4.79 Å². The summed E-state index contributed by atoms with van der Waals surface area (Å²) in [6.45, 7) is 5.83. The van der Waals surface area contributed by atoms with E-state index in [4.69, 9.17) is 5.73 Å². The number of nitrogens with two attached hydrogens (primary N) is 1. The normalized spacial score (nSPS) is 24.8. The van der Waals surface area contributed by atoms with E-state index in [2.05, 4.69) is 36.1 Å². The van der Waals surface area contributed by atoms with Crippen molar-refractivity contribution >= 4 is 5.91 Å². The Labute approximate surface area is 133 Å². The summed E-state index contributed by atoms with van der Waals surface area (Å²) in [7, 11) is 0. The summed E-state index contributed by atoms with van der Waals surface area (Å²) in [5, 5.41) is 0. The van der Waals surface area contributed by atoms with Crippen LogP contribution in [0.3, 0.4) is 0 Å². The summed E-state index contributed by atoms with van der Waals surface area (Å²) in [5.74, 6) is 0.245. The molecule has 0 radical (unpaired) electrons. The monoisotopic (exact) mass is 301 g/mol. The first-order chi connectivity index (χ1) is 10.6. The highest BCUT2D eigenvalue weighted by molar-refractivity contribution is 5.78. The van der Waals surface area contributed by atoms with Gasteiger partial charge in [-0.2, -0.15) is 0 Å². The molecule has 0 bridgehead atoms. The van der Waals surface area contributed by atoms with Crippen LogP contribution in [0.1, 0.15) is 38.2 Å². The number of amides is 1. The standard InChI is InChI=1S/C18H27N3O/c1-15-13-20(14-16-6-3-2-4-7-16)10-11-21(15)17(22)12-18(19)8-5-9-18/h2-4,6-7,15H,5,8-14,19H2,1H3/t15-/m1/s1. The van der Waals surface area contributed by atoms with E-state index < -0.39 is 0 Å². The first-order valence-corrected chi connectivity index (χ1v) is 8.40. The molecule has 4 heteroatoms. The average molecular weight is 301 g/mol. The zero-order valence-electron chi connectivity index (χ0n) is 13.5. The van der Waals surface area contributed by atoms with Crippen molar-refractivity contribution in [2.45, 2.75) is 50.7 Å². The van der Waals surface area contributed by atoms with Crippen molar-refractivity contribution in [1.82, 2.24) is 9.80 Å². The van der Waals surface area contributed by atoms with Crippen LogP contribution in [0.15, 0.2) is 30.3 Å². The van der Waals surface area contributed by atoms with Gasteiger partial charge in [-0.05, 0) is 31.7 Å². The molecule has 22 heavy (non-hydrogen) atoms. The second-order valence-corrected chi connectivity index (χ2v) is 7.05. The second-order valence-electron chi connectivity index (χ2n) is 7.05. The lowest BCUT2D eigenvalue weighted by Gasteiger charge is -2.43. The van der Waals surface area contributed by atoms with Crippen molar-refractivity contribution in [2.75, 3.05) is 19.6 Å². The molecule has 1 saturated carbocycles. The molecule has 2 N–H and O–H groups in total. The maximum Gasteiger partial charge on any atom is 0.224 e. The van der Waals surface area contributed by atoms with Crippen molar-refractivity contribution in [1.29, 1.82) is 0 Å². The van der Waals surface area contributed by atoms with E-state index >= 15 is 0 Å². The molecule has 1 atom stereocenters. The van der Waals surface area contributed by atoms with Gasteiger partial charge in [-0.15, -0.1) is 0 Å². The lowest BCUT2D eigenvalue weighted by molar-refractivity contribution is -0.137. The molecule has 2 aliphatic rings. The van der Waals surface area contributed by atoms with Crippen LogP contribution in [0.5, 0.6) is 0 Å². The Hall–Kier alpha value is -1.39. The minimum atomic E-state index is -0.210. The number of carbonyl (C=O) groups excluding carboxylic acids is 1. The number of benzene rings is 1. The van der Waals surface area contributed by atoms with E-state index in [1.54, 1.807) is 0 Å².